The summed E-state index contributed by atoms with van der Waals surface area (Å²) in [5.74, 6) is 0.0558. The van der Waals surface area contributed by atoms with Crippen LogP contribution in [0, 0.1) is 5.41 Å². The average Bonchev–Trinajstić information content (AvgIpc) is 3.07. The van der Waals surface area contributed by atoms with Crippen LogP contribution >= 0.6 is 0 Å². The van der Waals surface area contributed by atoms with Gasteiger partial charge in [0.2, 0.25) is 5.91 Å². The number of amides is 3. The van der Waals surface area contributed by atoms with E-state index in [-0.39, 0.29) is 47.2 Å². The Morgan fingerprint density at radius 2 is 2.15 bits per heavy atom. The number of rotatable bonds is 4. The quantitative estimate of drug-likeness (QED) is 0.706. The highest BCUT2D eigenvalue weighted by Gasteiger charge is 2.59. The second kappa shape index (κ2) is 7.35. The molecule has 2 aliphatic heterocycles. The maximum Gasteiger partial charge on any atom is 0.315 e. The zero-order valence-electron chi connectivity index (χ0n) is 16.4. The summed E-state index contributed by atoms with van der Waals surface area (Å²) in [6.45, 7) is 9.61. The van der Waals surface area contributed by atoms with Crippen LogP contribution in [-0.4, -0.2) is 55.0 Å². The highest BCUT2D eigenvalue weighted by Crippen LogP contribution is 2.45. The number of carbonyl (C=O) groups is 2. The third kappa shape index (κ3) is 3.69. The first-order chi connectivity index (χ1) is 12.3. The summed E-state index contributed by atoms with van der Waals surface area (Å²) in [6.07, 6.45) is 3.88. The predicted octanol–water partition coefficient (Wildman–Crippen LogP) is 1.71. The monoisotopic (exact) mass is 367 g/mol. The van der Waals surface area contributed by atoms with Crippen LogP contribution in [0.5, 0.6) is 0 Å². The lowest BCUT2D eigenvalue weighted by Crippen LogP contribution is -2.71. The Labute approximate surface area is 155 Å². The second-order valence-corrected chi connectivity index (χ2v) is 8.81. The van der Waals surface area contributed by atoms with Crippen molar-refractivity contribution in [2.75, 3.05) is 13.2 Å². The van der Waals surface area contributed by atoms with Gasteiger partial charge < -0.3 is 25.4 Å². The molecule has 3 fully saturated rings. The summed E-state index contributed by atoms with van der Waals surface area (Å²) in [5, 5.41) is 9.23. The van der Waals surface area contributed by atoms with E-state index >= 15 is 0 Å². The number of urea groups is 1. The molecule has 7 heteroatoms. The molecule has 3 rings (SSSR count). The zero-order chi connectivity index (χ0) is 18.9. The van der Waals surface area contributed by atoms with Crippen molar-refractivity contribution in [2.45, 2.75) is 89.6 Å². The molecule has 0 aromatic rings. The molecule has 0 aromatic carbocycles. The van der Waals surface area contributed by atoms with Gasteiger partial charge in [-0.05, 0) is 38.0 Å². The van der Waals surface area contributed by atoms with Crippen molar-refractivity contribution in [3.05, 3.63) is 0 Å². The Hall–Kier alpha value is -1.34. The lowest BCUT2D eigenvalue weighted by Gasteiger charge is -2.52. The minimum absolute atomic E-state index is 0.0205. The minimum Gasteiger partial charge on any atom is -0.375 e. The van der Waals surface area contributed by atoms with Gasteiger partial charge in [-0.25, -0.2) is 4.79 Å². The van der Waals surface area contributed by atoms with E-state index in [2.05, 4.69) is 36.7 Å². The largest absolute Gasteiger partial charge is 0.375 e. The lowest BCUT2D eigenvalue weighted by atomic mass is 9.70. The van der Waals surface area contributed by atoms with Crippen molar-refractivity contribution in [1.29, 1.82) is 0 Å². The van der Waals surface area contributed by atoms with Crippen LogP contribution in [-0.2, 0) is 14.3 Å². The Kier molecular flexibility index (Phi) is 5.49. The fraction of sp³-hybridized carbons (Fsp3) is 0.895. The molecule has 0 bridgehead atoms. The van der Waals surface area contributed by atoms with Gasteiger partial charge >= 0.3 is 6.03 Å². The molecule has 1 spiro atoms. The minimum atomic E-state index is -0.364. The van der Waals surface area contributed by atoms with Crippen molar-refractivity contribution in [3.8, 4) is 0 Å². The van der Waals surface area contributed by atoms with Gasteiger partial charge in [-0.15, -0.1) is 0 Å². The van der Waals surface area contributed by atoms with E-state index in [1.165, 1.54) is 0 Å². The van der Waals surface area contributed by atoms with E-state index < -0.39 is 0 Å². The van der Waals surface area contributed by atoms with Gasteiger partial charge in [0, 0.05) is 19.6 Å². The number of carbonyl (C=O) groups excluding carboxylic acids is 2. The van der Waals surface area contributed by atoms with Crippen molar-refractivity contribution in [1.82, 2.24) is 16.0 Å². The number of nitrogens with one attached hydrogen (secondary N) is 3. The predicted molar refractivity (Wildman–Crippen MR) is 97.8 cm³/mol. The standard InChI is InChI=1S/C19H33N3O4/c1-5-25-14-11-13(19(14)9-6-10-26-19)21-17(24)20-12-7-8-15(23)22-16(12)18(2,3)4/h12-14,16H,5-11H2,1-4H3,(H,22,23)(H2,20,21,24)/t12-,13?,14?,16-,19?/m1/s1. The Bertz CT molecular complexity index is 539. The topological polar surface area (TPSA) is 88.7 Å². The Morgan fingerprint density at radius 1 is 1.38 bits per heavy atom. The van der Waals surface area contributed by atoms with Crippen molar-refractivity contribution in [3.63, 3.8) is 0 Å². The van der Waals surface area contributed by atoms with Crippen LogP contribution in [0.4, 0.5) is 4.79 Å². The van der Waals surface area contributed by atoms with Gasteiger partial charge in [0.25, 0.3) is 0 Å². The van der Waals surface area contributed by atoms with E-state index in [1.807, 2.05) is 6.92 Å². The number of hydrogen-bond acceptors (Lipinski definition) is 4. The smallest absolute Gasteiger partial charge is 0.315 e. The number of piperidine rings is 1. The van der Waals surface area contributed by atoms with E-state index in [4.69, 9.17) is 9.47 Å². The number of hydrogen-bond donors (Lipinski definition) is 3. The van der Waals surface area contributed by atoms with Gasteiger partial charge in [-0.1, -0.05) is 20.8 Å². The maximum absolute atomic E-state index is 12.6. The third-order valence-corrected chi connectivity index (χ3v) is 5.99. The number of ether oxygens (including phenoxy) is 2. The molecule has 0 radical (unpaired) electrons. The summed E-state index contributed by atoms with van der Waals surface area (Å²) in [5.41, 5.74) is -0.488. The lowest BCUT2D eigenvalue weighted by molar-refractivity contribution is -0.194. The van der Waals surface area contributed by atoms with Crippen LogP contribution in [0.3, 0.4) is 0 Å². The third-order valence-electron chi connectivity index (χ3n) is 5.99. The summed E-state index contributed by atoms with van der Waals surface area (Å²) < 4.78 is 11.8. The highest BCUT2D eigenvalue weighted by atomic mass is 16.6. The molecule has 3 unspecified atom stereocenters. The summed E-state index contributed by atoms with van der Waals surface area (Å²) >= 11 is 0. The first-order valence-corrected chi connectivity index (χ1v) is 9.88. The molecule has 1 aliphatic carbocycles. The molecular formula is C19H33N3O4. The molecule has 148 valence electrons. The van der Waals surface area contributed by atoms with Crippen LogP contribution < -0.4 is 16.0 Å². The second-order valence-electron chi connectivity index (χ2n) is 8.81. The highest BCUT2D eigenvalue weighted by molar-refractivity contribution is 5.79. The summed E-state index contributed by atoms with van der Waals surface area (Å²) in [7, 11) is 0. The first kappa shape index (κ1) is 19.4. The van der Waals surface area contributed by atoms with Gasteiger partial charge in [-0.2, -0.15) is 0 Å². The van der Waals surface area contributed by atoms with E-state index in [0.29, 0.717) is 19.4 Å². The zero-order valence-corrected chi connectivity index (χ0v) is 16.4. The van der Waals surface area contributed by atoms with Gasteiger partial charge in [0.05, 0.1) is 24.2 Å². The van der Waals surface area contributed by atoms with Gasteiger partial charge in [0.1, 0.15) is 5.60 Å². The normalized spacial score (nSPS) is 37.2. The van der Waals surface area contributed by atoms with Crippen molar-refractivity contribution in [2.24, 2.45) is 5.41 Å². The van der Waals surface area contributed by atoms with Crippen LogP contribution in [0.1, 0.15) is 59.8 Å². The molecule has 0 aromatic heterocycles. The van der Waals surface area contributed by atoms with E-state index in [1.54, 1.807) is 0 Å². The molecule has 2 heterocycles. The molecular weight excluding hydrogens is 334 g/mol. The molecule has 3 N–H and O–H groups in total. The Morgan fingerprint density at radius 3 is 2.77 bits per heavy atom. The molecule has 3 aliphatic rings. The van der Waals surface area contributed by atoms with Crippen molar-refractivity contribution < 1.29 is 19.1 Å². The maximum atomic E-state index is 12.6. The molecule has 3 amide bonds. The molecule has 26 heavy (non-hydrogen) atoms. The fourth-order valence-corrected chi connectivity index (χ4v) is 4.62. The average molecular weight is 367 g/mol. The van der Waals surface area contributed by atoms with Crippen LogP contribution in [0.15, 0.2) is 0 Å². The van der Waals surface area contributed by atoms with Crippen LogP contribution in [0.2, 0.25) is 0 Å². The molecule has 7 nitrogen and oxygen atoms in total. The Balaban J connectivity index is 1.59. The van der Waals surface area contributed by atoms with Gasteiger partial charge in [0.15, 0.2) is 0 Å². The van der Waals surface area contributed by atoms with E-state index in [0.717, 1.165) is 25.9 Å². The van der Waals surface area contributed by atoms with Crippen molar-refractivity contribution >= 4 is 11.9 Å². The SMILES string of the molecule is CCOC1CC(NC(=O)N[C@@H]2CCC(=O)N[C@H]2C(C)(C)C)C12CCCO2. The molecule has 5 atom stereocenters. The van der Waals surface area contributed by atoms with Crippen LogP contribution in [0.25, 0.3) is 0 Å². The van der Waals surface area contributed by atoms with Gasteiger partial charge in [-0.3, -0.25) is 4.79 Å². The molecule has 2 saturated heterocycles. The summed E-state index contributed by atoms with van der Waals surface area (Å²) in [4.78, 5) is 24.4. The summed E-state index contributed by atoms with van der Waals surface area (Å²) in [6, 6.07) is -0.359. The first-order valence-electron chi connectivity index (χ1n) is 9.88. The molecule has 1 saturated carbocycles. The fourth-order valence-electron chi connectivity index (χ4n) is 4.62. The van der Waals surface area contributed by atoms with E-state index in [9.17, 15) is 9.59 Å².